The number of piperidine rings is 1. The average Bonchev–Trinajstić information content (AvgIpc) is 2.58. The maximum absolute atomic E-state index is 12.6. The third kappa shape index (κ3) is 7.17. The zero-order valence-electron chi connectivity index (χ0n) is 15.8. The molecule has 1 saturated heterocycles. The van der Waals surface area contributed by atoms with Crippen LogP contribution in [0.15, 0.2) is 29.2 Å². The number of thioether (sulfide) groups is 1. The molecule has 1 aromatic carbocycles. The van der Waals surface area contributed by atoms with Gasteiger partial charge in [-0.25, -0.2) is 0 Å². The lowest BCUT2D eigenvalue weighted by molar-refractivity contribution is -0.119. The van der Waals surface area contributed by atoms with Crippen molar-refractivity contribution in [2.24, 2.45) is 5.41 Å². The summed E-state index contributed by atoms with van der Waals surface area (Å²) < 4.78 is 0. The molecule has 2 amide bonds. The van der Waals surface area contributed by atoms with Crippen LogP contribution in [-0.4, -0.2) is 43.2 Å². The molecule has 1 aromatic rings. The number of rotatable bonds is 7. The maximum Gasteiger partial charge on any atom is 0.252 e. The molecule has 0 aromatic heterocycles. The Morgan fingerprint density at radius 2 is 1.88 bits per heavy atom. The number of halogens is 1. The normalized spacial score (nSPS) is 15.8. The number of nitrogens with one attached hydrogen (secondary N) is 3. The quantitative estimate of drug-likeness (QED) is 0.616. The lowest BCUT2D eigenvalue weighted by Crippen LogP contribution is -2.43. The zero-order chi connectivity index (χ0) is 18.3. The van der Waals surface area contributed by atoms with Crippen LogP contribution in [0.25, 0.3) is 0 Å². The molecule has 0 saturated carbocycles. The molecule has 2 rings (SSSR count). The van der Waals surface area contributed by atoms with Crippen molar-refractivity contribution in [3.63, 3.8) is 0 Å². The minimum Gasteiger partial charge on any atom is -0.353 e. The van der Waals surface area contributed by atoms with E-state index < -0.39 is 0 Å². The maximum atomic E-state index is 12.6. The molecule has 0 unspecified atom stereocenters. The van der Waals surface area contributed by atoms with Gasteiger partial charge >= 0.3 is 0 Å². The van der Waals surface area contributed by atoms with Crippen LogP contribution in [0, 0.1) is 5.41 Å². The van der Waals surface area contributed by atoms with E-state index in [-0.39, 0.29) is 35.7 Å². The monoisotopic (exact) mass is 399 g/mol. The number of carbonyl (C=O) groups excluding carboxylic acids is 2. The van der Waals surface area contributed by atoms with Crippen LogP contribution >= 0.6 is 24.2 Å². The summed E-state index contributed by atoms with van der Waals surface area (Å²) in [5.41, 5.74) is 0.794. The number of amides is 2. The Bertz CT molecular complexity index is 604. The molecule has 1 heterocycles. The van der Waals surface area contributed by atoms with Gasteiger partial charge in [0.1, 0.15) is 0 Å². The number of carbonyl (C=O) groups is 2. The highest BCUT2D eigenvalue weighted by Gasteiger charge is 2.27. The Balaban J connectivity index is 0.00000338. The largest absolute Gasteiger partial charge is 0.353 e. The van der Waals surface area contributed by atoms with Gasteiger partial charge in [0.15, 0.2) is 0 Å². The molecule has 26 heavy (non-hydrogen) atoms. The van der Waals surface area contributed by atoms with Crippen LogP contribution in [0.3, 0.4) is 0 Å². The van der Waals surface area contributed by atoms with Gasteiger partial charge in [-0.2, -0.15) is 0 Å². The third-order valence-corrected chi connectivity index (χ3v) is 5.50. The molecule has 1 fully saturated rings. The first-order valence-corrected chi connectivity index (χ1v) is 9.88. The molecule has 3 N–H and O–H groups in total. The zero-order valence-corrected chi connectivity index (χ0v) is 17.4. The lowest BCUT2D eigenvalue weighted by atomic mass is 9.81. The van der Waals surface area contributed by atoms with Crippen LogP contribution in [0.2, 0.25) is 0 Å². The smallest absolute Gasteiger partial charge is 0.252 e. The van der Waals surface area contributed by atoms with Gasteiger partial charge in [0.25, 0.3) is 5.91 Å². The van der Waals surface area contributed by atoms with E-state index in [0.717, 1.165) is 30.8 Å². The van der Waals surface area contributed by atoms with Gasteiger partial charge < -0.3 is 16.0 Å². The summed E-state index contributed by atoms with van der Waals surface area (Å²) >= 11 is 1.40. The predicted octanol–water partition coefficient (Wildman–Crippen LogP) is 2.84. The number of benzene rings is 1. The summed E-state index contributed by atoms with van der Waals surface area (Å²) in [5.74, 6) is 0.232. The Kier molecular flexibility index (Phi) is 9.47. The average molecular weight is 400 g/mol. The van der Waals surface area contributed by atoms with Crippen molar-refractivity contribution in [1.29, 1.82) is 0 Å². The van der Waals surface area contributed by atoms with Crippen LogP contribution in [0.1, 0.15) is 44.0 Å². The van der Waals surface area contributed by atoms with Gasteiger partial charge in [-0.15, -0.1) is 24.2 Å². The van der Waals surface area contributed by atoms with Crippen LogP contribution in [-0.2, 0) is 4.79 Å². The summed E-state index contributed by atoms with van der Waals surface area (Å²) in [5, 5.41) is 9.31. The summed E-state index contributed by atoms with van der Waals surface area (Å²) in [4.78, 5) is 25.3. The van der Waals surface area contributed by atoms with Gasteiger partial charge in [0, 0.05) is 17.5 Å². The second kappa shape index (κ2) is 10.8. The van der Waals surface area contributed by atoms with E-state index in [2.05, 4.69) is 22.9 Å². The highest BCUT2D eigenvalue weighted by Crippen LogP contribution is 2.27. The van der Waals surface area contributed by atoms with E-state index in [0.29, 0.717) is 17.9 Å². The molecule has 1 aliphatic rings. The van der Waals surface area contributed by atoms with Crippen LogP contribution in [0.4, 0.5) is 0 Å². The van der Waals surface area contributed by atoms with Crippen molar-refractivity contribution in [2.45, 2.75) is 44.6 Å². The molecule has 5 nitrogen and oxygen atoms in total. The first kappa shape index (κ1) is 22.8. The predicted molar refractivity (Wildman–Crippen MR) is 110 cm³/mol. The topological polar surface area (TPSA) is 70.2 Å². The van der Waals surface area contributed by atoms with E-state index in [1.54, 1.807) is 0 Å². The first-order valence-electron chi connectivity index (χ1n) is 8.90. The molecule has 146 valence electrons. The van der Waals surface area contributed by atoms with Gasteiger partial charge in [-0.05, 0) is 57.3 Å². The molecule has 0 bridgehead atoms. The summed E-state index contributed by atoms with van der Waals surface area (Å²) in [6, 6.07) is 7.60. The SMILES string of the molecule is CC(C)NC(=O)CSc1ccccc1C(=O)NCC1(C)CCNCC1.Cl. The lowest BCUT2D eigenvalue weighted by Gasteiger charge is -2.34. The molecule has 0 radical (unpaired) electrons. The Hall–Kier alpha value is -1.24. The van der Waals surface area contributed by atoms with Gasteiger partial charge in [0.05, 0.1) is 11.3 Å². The summed E-state index contributed by atoms with van der Waals surface area (Å²) in [6.07, 6.45) is 2.14. The van der Waals surface area contributed by atoms with Crippen molar-refractivity contribution in [1.82, 2.24) is 16.0 Å². The van der Waals surface area contributed by atoms with Gasteiger partial charge in [-0.3, -0.25) is 9.59 Å². The summed E-state index contributed by atoms with van der Waals surface area (Å²) in [6.45, 7) is 8.79. The third-order valence-electron chi connectivity index (χ3n) is 4.43. The fraction of sp³-hybridized carbons (Fsp3) is 0.579. The minimum atomic E-state index is -0.0628. The highest BCUT2D eigenvalue weighted by molar-refractivity contribution is 8.00. The van der Waals surface area contributed by atoms with Crippen molar-refractivity contribution < 1.29 is 9.59 Å². The molecule has 7 heteroatoms. The Morgan fingerprint density at radius 3 is 2.54 bits per heavy atom. The van der Waals surface area contributed by atoms with E-state index >= 15 is 0 Å². The fourth-order valence-electron chi connectivity index (χ4n) is 2.88. The first-order chi connectivity index (χ1) is 11.9. The standard InChI is InChI=1S/C19H29N3O2S.ClH/c1-14(2)22-17(23)12-25-16-7-5-4-6-15(16)18(24)21-13-19(3)8-10-20-11-9-19;/h4-7,14,20H,8-13H2,1-3H3,(H,21,24)(H,22,23);1H. The minimum absolute atomic E-state index is 0. The Morgan fingerprint density at radius 1 is 1.23 bits per heavy atom. The van der Waals surface area contributed by atoms with Gasteiger partial charge in [0.2, 0.25) is 5.91 Å². The molecular weight excluding hydrogens is 370 g/mol. The second-order valence-electron chi connectivity index (χ2n) is 7.25. The number of hydrogen-bond donors (Lipinski definition) is 3. The van der Waals surface area contributed by atoms with Crippen molar-refractivity contribution in [3.05, 3.63) is 29.8 Å². The summed E-state index contributed by atoms with van der Waals surface area (Å²) in [7, 11) is 0. The van der Waals surface area contributed by atoms with E-state index in [1.807, 2.05) is 38.1 Å². The molecule has 1 aliphatic heterocycles. The van der Waals surface area contributed by atoms with E-state index in [4.69, 9.17) is 0 Å². The molecule has 0 atom stereocenters. The number of hydrogen-bond acceptors (Lipinski definition) is 4. The van der Waals surface area contributed by atoms with Crippen LogP contribution in [0.5, 0.6) is 0 Å². The van der Waals surface area contributed by atoms with Gasteiger partial charge in [-0.1, -0.05) is 19.1 Å². The van der Waals surface area contributed by atoms with Crippen molar-refractivity contribution >= 4 is 36.0 Å². The second-order valence-corrected chi connectivity index (χ2v) is 8.27. The van der Waals surface area contributed by atoms with Crippen molar-refractivity contribution in [3.8, 4) is 0 Å². The molecular formula is C19H30ClN3O2S. The van der Waals surface area contributed by atoms with Crippen molar-refractivity contribution in [2.75, 3.05) is 25.4 Å². The Labute approximate surface area is 166 Å². The van der Waals surface area contributed by atoms with E-state index in [9.17, 15) is 9.59 Å². The highest BCUT2D eigenvalue weighted by atomic mass is 35.5. The van der Waals surface area contributed by atoms with Crippen LogP contribution < -0.4 is 16.0 Å². The molecule has 0 spiro atoms. The van der Waals surface area contributed by atoms with E-state index in [1.165, 1.54) is 11.8 Å². The molecule has 0 aliphatic carbocycles. The fourth-order valence-corrected chi connectivity index (χ4v) is 3.74.